The number of rotatable bonds is 11. The van der Waals surface area contributed by atoms with Crippen LogP contribution in [0.25, 0.3) is 0 Å². The number of aliphatic hydroxyl groups is 1. The van der Waals surface area contributed by atoms with Crippen LogP contribution in [0.1, 0.15) is 52.0 Å². The van der Waals surface area contributed by atoms with E-state index in [2.05, 4.69) is 135 Å². The summed E-state index contributed by atoms with van der Waals surface area (Å²) in [4.78, 5) is 0. The molecule has 0 aliphatic carbocycles. The highest BCUT2D eigenvalue weighted by Gasteiger charge is 2.50. The van der Waals surface area contributed by atoms with E-state index in [1.165, 1.54) is 33.9 Å². The lowest BCUT2D eigenvalue weighted by molar-refractivity contribution is 0.124. The summed E-state index contributed by atoms with van der Waals surface area (Å²) >= 11 is 4.13. The quantitative estimate of drug-likeness (QED) is 0.263. The molecular weight excluding hydrogens is 509 g/mol. The zero-order valence-electron chi connectivity index (χ0n) is 22.6. The minimum atomic E-state index is -2.57. The first-order chi connectivity index (χ1) is 17.8. The molecule has 0 aromatic heterocycles. The van der Waals surface area contributed by atoms with Gasteiger partial charge in [0.2, 0.25) is 0 Å². The van der Waals surface area contributed by atoms with E-state index in [0.717, 1.165) is 19.3 Å². The van der Waals surface area contributed by atoms with Gasteiger partial charge in [-0.2, -0.15) is 0 Å². The molecule has 0 saturated carbocycles. The fraction of sp³-hybridized carbons (Fsp3) is 0.438. The first-order valence-electron chi connectivity index (χ1n) is 13.6. The van der Waals surface area contributed by atoms with E-state index >= 15 is 0 Å². The molecule has 0 bridgehead atoms. The van der Waals surface area contributed by atoms with Gasteiger partial charge < -0.3 is 9.53 Å². The monoisotopic (exact) mass is 550 g/mol. The zero-order chi connectivity index (χ0) is 26.2. The van der Waals surface area contributed by atoms with Crippen LogP contribution in [0.15, 0.2) is 91.0 Å². The lowest BCUT2D eigenvalue weighted by atomic mass is 10.0. The molecule has 1 N–H and O–H groups in total. The maximum absolute atomic E-state index is 11.3. The number of benzene rings is 3. The molecule has 37 heavy (non-hydrogen) atoms. The van der Waals surface area contributed by atoms with Crippen molar-refractivity contribution in [2.45, 2.75) is 68.1 Å². The number of aliphatic hydroxyl groups excluding tert-OH is 1. The molecule has 3 aromatic rings. The molecular formula is C32H42O2S2Si. The van der Waals surface area contributed by atoms with Gasteiger partial charge in [-0.15, -0.1) is 23.5 Å². The summed E-state index contributed by atoms with van der Waals surface area (Å²) in [7, 11) is -2.57. The molecule has 5 heteroatoms. The molecule has 1 heterocycles. The van der Waals surface area contributed by atoms with Gasteiger partial charge in [-0.3, -0.25) is 0 Å². The van der Waals surface area contributed by atoms with E-state index in [1.807, 2.05) is 0 Å². The average molecular weight is 551 g/mol. The van der Waals surface area contributed by atoms with E-state index < -0.39 is 8.32 Å². The molecule has 4 rings (SSSR count). The fourth-order valence-corrected chi connectivity index (χ4v) is 13.6. The van der Waals surface area contributed by atoms with Crippen LogP contribution in [-0.4, -0.2) is 41.7 Å². The lowest BCUT2D eigenvalue weighted by Gasteiger charge is -2.43. The van der Waals surface area contributed by atoms with Crippen molar-refractivity contribution >= 4 is 42.2 Å². The predicted octanol–water partition coefficient (Wildman–Crippen LogP) is 6.90. The second-order valence-electron chi connectivity index (χ2n) is 11.1. The van der Waals surface area contributed by atoms with E-state index in [-0.39, 0.29) is 15.2 Å². The molecule has 198 valence electrons. The lowest BCUT2D eigenvalue weighted by Crippen LogP contribution is -2.66. The SMILES string of the molecule is CC(C)(C)[Si](OCC[C@H](O)CC1(CCc2ccccc2)SCCCS1)(c1ccccc1)c1ccccc1. The summed E-state index contributed by atoms with van der Waals surface area (Å²) in [5.74, 6) is 2.38. The van der Waals surface area contributed by atoms with Crippen molar-refractivity contribution in [1.82, 2.24) is 0 Å². The number of thioether (sulfide) groups is 2. The molecule has 0 amide bonds. The van der Waals surface area contributed by atoms with Crippen molar-refractivity contribution in [3.63, 3.8) is 0 Å². The van der Waals surface area contributed by atoms with Gasteiger partial charge in [-0.1, -0.05) is 112 Å². The zero-order valence-corrected chi connectivity index (χ0v) is 25.2. The van der Waals surface area contributed by atoms with Gasteiger partial charge in [0.15, 0.2) is 0 Å². The van der Waals surface area contributed by atoms with E-state index in [1.54, 1.807) is 0 Å². The molecule has 0 radical (unpaired) electrons. The maximum atomic E-state index is 11.3. The Morgan fingerprint density at radius 2 is 1.35 bits per heavy atom. The predicted molar refractivity (Wildman–Crippen MR) is 166 cm³/mol. The highest BCUT2D eigenvalue weighted by atomic mass is 32.2. The van der Waals surface area contributed by atoms with Crippen LogP contribution in [0.2, 0.25) is 5.04 Å². The third-order valence-corrected chi connectivity index (χ3v) is 15.9. The van der Waals surface area contributed by atoms with Crippen molar-refractivity contribution < 1.29 is 9.53 Å². The van der Waals surface area contributed by atoms with Crippen molar-refractivity contribution in [3.05, 3.63) is 96.6 Å². The van der Waals surface area contributed by atoms with Gasteiger partial charge in [0.1, 0.15) is 0 Å². The standard InChI is InChI=1S/C32H42O2S2Si/c1-31(2,3)37(29-16-9-5-10-17-29,30-18-11-6-12-19-30)34-23-21-28(33)26-32(35-24-13-25-36-32)22-20-27-14-7-4-8-15-27/h4-12,14-19,28,33H,13,20-26H2,1-3H3/t28-/m0/s1. The Balaban J connectivity index is 1.48. The fourth-order valence-electron chi connectivity index (χ4n) is 5.53. The minimum absolute atomic E-state index is 0.0490. The summed E-state index contributed by atoms with van der Waals surface area (Å²) in [5, 5.41) is 13.8. The number of hydrogen-bond acceptors (Lipinski definition) is 4. The van der Waals surface area contributed by atoms with Gasteiger partial charge in [0.05, 0.1) is 10.2 Å². The molecule has 0 spiro atoms. The largest absolute Gasteiger partial charge is 0.407 e. The van der Waals surface area contributed by atoms with Crippen molar-refractivity contribution in [2.24, 2.45) is 0 Å². The van der Waals surface area contributed by atoms with Crippen molar-refractivity contribution in [2.75, 3.05) is 18.1 Å². The second-order valence-corrected chi connectivity index (χ2v) is 18.6. The highest BCUT2D eigenvalue weighted by Crippen LogP contribution is 2.49. The Hall–Kier alpha value is -1.50. The first-order valence-corrected chi connectivity index (χ1v) is 17.5. The molecule has 1 fully saturated rings. The molecule has 1 atom stereocenters. The first kappa shape index (κ1) is 28.5. The summed E-state index contributed by atoms with van der Waals surface area (Å²) < 4.78 is 7.14. The molecule has 1 saturated heterocycles. The molecule has 0 unspecified atom stereocenters. The van der Waals surface area contributed by atoms with E-state index in [9.17, 15) is 5.11 Å². The van der Waals surface area contributed by atoms with Crippen LogP contribution in [-0.2, 0) is 10.8 Å². The van der Waals surface area contributed by atoms with E-state index in [4.69, 9.17) is 4.43 Å². The minimum Gasteiger partial charge on any atom is -0.407 e. The maximum Gasteiger partial charge on any atom is 0.261 e. The summed E-state index contributed by atoms with van der Waals surface area (Å²) in [6.45, 7) is 7.50. The molecule has 1 aliphatic rings. The van der Waals surface area contributed by atoms with Crippen LogP contribution < -0.4 is 10.4 Å². The van der Waals surface area contributed by atoms with Gasteiger partial charge in [0, 0.05) is 6.61 Å². The van der Waals surface area contributed by atoms with Crippen LogP contribution >= 0.6 is 23.5 Å². The highest BCUT2D eigenvalue weighted by molar-refractivity contribution is 8.18. The number of hydrogen-bond donors (Lipinski definition) is 1. The number of aryl methyl sites for hydroxylation is 1. The van der Waals surface area contributed by atoms with Crippen molar-refractivity contribution in [1.29, 1.82) is 0 Å². The normalized spacial score (nSPS) is 16.9. The average Bonchev–Trinajstić information content (AvgIpc) is 2.91. The Morgan fingerprint density at radius 3 is 1.86 bits per heavy atom. The Labute approximate surface area is 233 Å². The third-order valence-electron chi connectivity index (χ3n) is 7.39. The molecule has 2 nitrogen and oxygen atoms in total. The van der Waals surface area contributed by atoms with Gasteiger partial charge in [-0.05, 0) is 64.6 Å². The Kier molecular flexibility index (Phi) is 10.0. The summed E-state index contributed by atoms with van der Waals surface area (Å²) in [6.07, 6.45) is 4.53. The summed E-state index contributed by atoms with van der Waals surface area (Å²) in [5.41, 5.74) is 1.39. The molecule has 1 aliphatic heterocycles. The summed E-state index contributed by atoms with van der Waals surface area (Å²) in [6, 6.07) is 32.3. The van der Waals surface area contributed by atoms with Gasteiger partial charge in [0.25, 0.3) is 8.32 Å². The Bertz CT molecular complexity index is 1020. The topological polar surface area (TPSA) is 29.5 Å². The Morgan fingerprint density at radius 1 is 0.838 bits per heavy atom. The van der Waals surface area contributed by atoms with Crippen LogP contribution in [0, 0.1) is 0 Å². The smallest absolute Gasteiger partial charge is 0.261 e. The molecule has 3 aromatic carbocycles. The van der Waals surface area contributed by atoms with Crippen LogP contribution in [0.3, 0.4) is 0 Å². The van der Waals surface area contributed by atoms with Gasteiger partial charge >= 0.3 is 0 Å². The van der Waals surface area contributed by atoms with Crippen molar-refractivity contribution in [3.8, 4) is 0 Å². The van der Waals surface area contributed by atoms with E-state index in [0.29, 0.717) is 13.0 Å². The third kappa shape index (κ3) is 7.13. The second kappa shape index (κ2) is 13.0. The van der Waals surface area contributed by atoms with Crippen LogP contribution in [0.5, 0.6) is 0 Å². The van der Waals surface area contributed by atoms with Gasteiger partial charge in [-0.25, -0.2) is 0 Å². The van der Waals surface area contributed by atoms with Crippen LogP contribution in [0.4, 0.5) is 0 Å².